The van der Waals surface area contributed by atoms with Crippen molar-refractivity contribution in [1.82, 2.24) is 9.80 Å². The SMILES string of the molecule is C=CN(/C=C\C)CCCN(C(=O)CCCCCCCC)C(C)C1=Nc2ccccc2/C(=C\CC)N1c1ccc(F)cc1. The fourth-order valence-corrected chi connectivity index (χ4v) is 5.46. The topological polar surface area (TPSA) is 39.1 Å². The number of unbranched alkanes of at least 4 members (excludes halogenated alkanes) is 5. The summed E-state index contributed by atoms with van der Waals surface area (Å²) in [6.07, 6.45) is 16.9. The zero-order chi connectivity index (χ0) is 30.3. The molecule has 1 heterocycles. The van der Waals surface area contributed by atoms with Crippen LogP contribution in [0.2, 0.25) is 0 Å². The molecule has 2 aromatic rings. The molecule has 1 atom stereocenters. The van der Waals surface area contributed by atoms with Crippen LogP contribution in [0.15, 0.2) is 84.7 Å². The van der Waals surface area contributed by atoms with Crippen LogP contribution in [-0.2, 0) is 4.79 Å². The van der Waals surface area contributed by atoms with Crippen LogP contribution >= 0.6 is 0 Å². The third-order valence-corrected chi connectivity index (χ3v) is 7.66. The zero-order valence-electron chi connectivity index (χ0n) is 26.1. The Morgan fingerprint density at radius 1 is 1.00 bits per heavy atom. The van der Waals surface area contributed by atoms with Crippen molar-refractivity contribution in [2.75, 3.05) is 18.0 Å². The smallest absolute Gasteiger partial charge is 0.223 e. The van der Waals surface area contributed by atoms with Crippen LogP contribution in [0.1, 0.15) is 91.0 Å². The molecule has 1 aliphatic heterocycles. The van der Waals surface area contributed by atoms with Gasteiger partial charge in [-0.25, -0.2) is 9.38 Å². The number of para-hydroxylation sites is 1. The normalized spacial score (nSPS) is 14.5. The lowest BCUT2D eigenvalue weighted by atomic mass is 10.0. The van der Waals surface area contributed by atoms with Crippen LogP contribution in [0.4, 0.5) is 15.8 Å². The predicted octanol–water partition coefficient (Wildman–Crippen LogP) is 9.46. The molecule has 1 amide bonds. The number of benzene rings is 2. The molecule has 0 radical (unpaired) electrons. The summed E-state index contributed by atoms with van der Waals surface area (Å²) in [5.41, 5.74) is 3.74. The van der Waals surface area contributed by atoms with Gasteiger partial charge in [-0.2, -0.15) is 0 Å². The molecule has 1 unspecified atom stereocenters. The van der Waals surface area contributed by atoms with Gasteiger partial charge in [0.2, 0.25) is 5.91 Å². The molecule has 6 heteroatoms. The quantitative estimate of drug-likeness (QED) is 0.177. The largest absolute Gasteiger partial charge is 0.355 e. The predicted molar refractivity (Wildman–Crippen MR) is 176 cm³/mol. The van der Waals surface area contributed by atoms with E-state index in [0.29, 0.717) is 13.0 Å². The number of hydrogen-bond donors (Lipinski definition) is 0. The Morgan fingerprint density at radius 3 is 2.40 bits per heavy atom. The minimum absolute atomic E-state index is 0.149. The van der Waals surface area contributed by atoms with E-state index in [1.807, 2.05) is 53.4 Å². The Labute approximate surface area is 253 Å². The summed E-state index contributed by atoms with van der Waals surface area (Å²) >= 11 is 0. The van der Waals surface area contributed by atoms with Crippen LogP contribution in [-0.4, -0.2) is 40.7 Å². The fourth-order valence-electron chi connectivity index (χ4n) is 5.46. The number of allylic oxidation sites excluding steroid dienone is 2. The summed E-state index contributed by atoms with van der Waals surface area (Å²) < 4.78 is 14.0. The molecule has 0 N–H and O–H groups in total. The first kappa shape index (κ1) is 32.8. The Morgan fingerprint density at radius 2 is 1.71 bits per heavy atom. The van der Waals surface area contributed by atoms with E-state index in [4.69, 9.17) is 4.99 Å². The van der Waals surface area contributed by atoms with E-state index >= 15 is 0 Å². The molecule has 1 aliphatic rings. The Bertz CT molecular complexity index is 1230. The number of halogens is 1. The van der Waals surface area contributed by atoms with Crippen molar-refractivity contribution in [1.29, 1.82) is 0 Å². The number of amidine groups is 1. The van der Waals surface area contributed by atoms with Crippen molar-refractivity contribution >= 4 is 28.8 Å². The highest BCUT2D eigenvalue weighted by molar-refractivity contribution is 6.16. The first-order valence-corrected chi connectivity index (χ1v) is 15.7. The van der Waals surface area contributed by atoms with Gasteiger partial charge in [0.25, 0.3) is 0 Å². The maximum Gasteiger partial charge on any atom is 0.223 e. The number of anilines is 1. The van der Waals surface area contributed by atoms with Crippen molar-refractivity contribution in [2.24, 2.45) is 4.99 Å². The Kier molecular flexibility index (Phi) is 13.5. The second-order valence-corrected chi connectivity index (χ2v) is 10.8. The maximum atomic E-state index is 14.0. The molecule has 0 saturated carbocycles. The van der Waals surface area contributed by atoms with Crippen molar-refractivity contribution < 1.29 is 9.18 Å². The molecular weight excluding hydrogens is 523 g/mol. The third kappa shape index (κ3) is 8.91. The summed E-state index contributed by atoms with van der Waals surface area (Å²) in [6, 6.07) is 14.3. The van der Waals surface area contributed by atoms with E-state index < -0.39 is 0 Å². The van der Waals surface area contributed by atoms with Gasteiger partial charge in [0.05, 0.1) is 17.4 Å². The van der Waals surface area contributed by atoms with E-state index in [9.17, 15) is 9.18 Å². The minimum atomic E-state index is -0.296. The molecule has 226 valence electrons. The van der Waals surface area contributed by atoms with Gasteiger partial charge in [0, 0.05) is 30.8 Å². The number of hydrogen-bond acceptors (Lipinski definition) is 4. The molecule has 0 fully saturated rings. The lowest BCUT2D eigenvalue weighted by Crippen LogP contribution is -2.50. The van der Waals surface area contributed by atoms with Gasteiger partial charge < -0.3 is 9.80 Å². The average molecular weight is 573 g/mol. The standard InChI is InChI=1S/C36H49FN4O/c1-6-10-11-12-13-14-21-35(42)40(28-17-27-39(9-4)26-8-3)29(5)36-38-33-20-16-15-19-32(33)34(18-7-2)41(36)31-24-22-30(37)23-25-31/h8-9,15-16,18-20,22-26,29H,4,6-7,10-14,17,21,27-28H2,1-3,5H3/b26-8-,34-18+. The van der Waals surface area contributed by atoms with Gasteiger partial charge in [-0.1, -0.05) is 82.9 Å². The summed E-state index contributed by atoms with van der Waals surface area (Å²) in [6.45, 7) is 13.7. The van der Waals surface area contributed by atoms with Gasteiger partial charge in [-0.05, 0) is 75.8 Å². The maximum absolute atomic E-state index is 14.0. The summed E-state index contributed by atoms with van der Waals surface area (Å²) in [5.74, 6) is 0.633. The number of fused-ring (bicyclic) bond motifs is 1. The van der Waals surface area contributed by atoms with Crippen LogP contribution in [0, 0.1) is 5.82 Å². The molecule has 0 aliphatic carbocycles. The van der Waals surface area contributed by atoms with Crippen molar-refractivity contribution in [3.8, 4) is 0 Å². The Hall–Kier alpha value is -3.67. The van der Waals surface area contributed by atoms with Crippen molar-refractivity contribution in [3.63, 3.8) is 0 Å². The van der Waals surface area contributed by atoms with Crippen LogP contribution in [0.5, 0.6) is 0 Å². The fraction of sp³-hybridized carbons (Fsp3) is 0.444. The molecule has 0 saturated heterocycles. The van der Waals surface area contributed by atoms with Crippen LogP contribution in [0.25, 0.3) is 5.70 Å². The number of aliphatic imine (C=N–C) groups is 1. The molecule has 42 heavy (non-hydrogen) atoms. The summed E-state index contributed by atoms with van der Waals surface area (Å²) in [5, 5.41) is 0. The number of nitrogens with zero attached hydrogens (tertiary/aromatic N) is 4. The molecule has 5 nitrogen and oxygen atoms in total. The monoisotopic (exact) mass is 572 g/mol. The van der Waals surface area contributed by atoms with Gasteiger partial charge >= 0.3 is 0 Å². The van der Waals surface area contributed by atoms with E-state index in [1.54, 1.807) is 12.1 Å². The summed E-state index contributed by atoms with van der Waals surface area (Å²) in [7, 11) is 0. The van der Waals surface area contributed by atoms with Gasteiger partial charge in [-0.15, -0.1) is 0 Å². The highest BCUT2D eigenvalue weighted by Crippen LogP contribution is 2.39. The van der Waals surface area contributed by atoms with Crippen LogP contribution < -0.4 is 4.90 Å². The number of rotatable bonds is 17. The highest BCUT2D eigenvalue weighted by atomic mass is 19.1. The second-order valence-electron chi connectivity index (χ2n) is 10.8. The molecular formula is C36H49FN4O. The van der Waals surface area contributed by atoms with Crippen molar-refractivity contribution in [3.05, 3.63) is 91.0 Å². The van der Waals surface area contributed by atoms with Gasteiger partial charge in [0.15, 0.2) is 0 Å². The van der Waals surface area contributed by atoms with Crippen LogP contribution in [0.3, 0.4) is 0 Å². The number of amides is 1. The van der Waals surface area contributed by atoms with E-state index in [-0.39, 0.29) is 17.8 Å². The zero-order valence-corrected chi connectivity index (χ0v) is 26.1. The minimum Gasteiger partial charge on any atom is -0.355 e. The molecule has 3 rings (SSSR count). The first-order valence-electron chi connectivity index (χ1n) is 15.7. The number of carbonyl (C=O) groups is 1. The molecule has 0 spiro atoms. The lowest BCUT2D eigenvalue weighted by Gasteiger charge is -2.39. The first-order chi connectivity index (χ1) is 20.4. The average Bonchev–Trinajstić information content (AvgIpc) is 3.00. The third-order valence-electron chi connectivity index (χ3n) is 7.66. The van der Waals surface area contributed by atoms with Crippen molar-refractivity contribution in [2.45, 2.75) is 91.5 Å². The molecule has 0 aromatic heterocycles. The lowest BCUT2D eigenvalue weighted by molar-refractivity contribution is -0.132. The molecule has 2 aromatic carbocycles. The summed E-state index contributed by atoms with van der Waals surface area (Å²) in [4.78, 5) is 25.2. The van der Waals surface area contributed by atoms with Gasteiger partial charge in [-0.3, -0.25) is 9.69 Å². The second kappa shape index (κ2) is 17.3. The number of carbonyl (C=O) groups excluding carboxylic acids is 1. The van der Waals surface area contributed by atoms with E-state index in [1.165, 1.54) is 37.8 Å². The van der Waals surface area contributed by atoms with Gasteiger partial charge in [0.1, 0.15) is 11.7 Å². The van der Waals surface area contributed by atoms with E-state index in [2.05, 4.69) is 44.4 Å². The highest BCUT2D eigenvalue weighted by Gasteiger charge is 2.33. The van der Waals surface area contributed by atoms with E-state index in [0.717, 1.165) is 60.7 Å². The Balaban J connectivity index is 1.97. The molecule has 0 bridgehead atoms.